The number of esters is 1. The van der Waals surface area contributed by atoms with Crippen molar-refractivity contribution >= 4 is 22.5 Å². The molecule has 0 aliphatic carbocycles. The highest BCUT2D eigenvalue weighted by Crippen LogP contribution is 2.32. The van der Waals surface area contributed by atoms with Gasteiger partial charge in [-0.15, -0.1) is 3.89 Å². The minimum atomic E-state index is -5.08. The molecule has 0 bridgehead atoms. The van der Waals surface area contributed by atoms with Crippen molar-refractivity contribution in [1.29, 1.82) is 0 Å². The third-order valence-electron chi connectivity index (χ3n) is 3.20. The summed E-state index contributed by atoms with van der Waals surface area (Å²) in [6, 6.07) is 0. The molecule has 1 aromatic rings. The summed E-state index contributed by atoms with van der Waals surface area (Å²) < 4.78 is 41.6. The molecule has 5 nitrogen and oxygen atoms in total. The van der Waals surface area contributed by atoms with E-state index in [0.29, 0.717) is 6.29 Å². The van der Waals surface area contributed by atoms with Crippen LogP contribution in [-0.4, -0.2) is 26.3 Å². The Morgan fingerprint density at radius 1 is 1.09 bits per heavy atom. The second-order valence-electron chi connectivity index (χ2n) is 6.05. The van der Waals surface area contributed by atoms with Crippen LogP contribution in [0.15, 0.2) is 4.90 Å². The molecule has 0 fully saturated rings. The lowest BCUT2D eigenvalue weighted by atomic mass is 9.93. The summed E-state index contributed by atoms with van der Waals surface area (Å²) in [5.41, 5.74) is -0.734. The van der Waals surface area contributed by atoms with Crippen LogP contribution in [0.4, 0.5) is 3.89 Å². The summed E-state index contributed by atoms with van der Waals surface area (Å²) in [5.74, 6) is -0.796. The van der Waals surface area contributed by atoms with E-state index in [1.165, 1.54) is 20.8 Å². The molecule has 0 aliphatic heterocycles. The molecule has 0 spiro atoms. The number of ether oxygens (including phenoxy) is 1. The Morgan fingerprint density at radius 3 is 1.95 bits per heavy atom. The smallest absolute Gasteiger partial charge is 0.339 e. The molecule has 22 heavy (non-hydrogen) atoms. The Morgan fingerprint density at radius 2 is 1.59 bits per heavy atom. The lowest BCUT2D eigenvalue weighted by molar-refractivity contribution is 0.00676. The lowest BCUT2D eigenvalue weighted by Gasteiger charge is -2.22. The van der Waals surface area contributed by atoms with Crippen molar-refractivity contribution in [1.82, 2.24) is 0 Å². The van der Waals surface area contributed by atoms with Gasteiger partial charge in [-0.3, -0.25) is 4.79 Å². The van der Waals surface area contributed by atoms with Crippen LogP contribution < -0.4 is 0 Å². The number of halogens is 1. The predicted octanol–water partition coefficient (Wildman–Crippen LogP) is 3.04. The molecule has 0 radical (unpaired) electrons. The van der Waals surface area contributed by atoms with Crippen molar-refractivity contribution in [2.75, 3.05) is 0 Å². The van der Waals surface area contributed by atoms with E-state index in [9.17, 15) is 21.9 Å². The molecule has 0 N–H and O–H groups in total. The van der Waals surface area contributed by atoms with Crippen LogP contribution in [0, 0.1) is 20.8 Å². The van der Waals surface area contributed by atoms with Gasteiger partial charge in [-0.05, 0) is 58.2 Å². The molecule has 0 aromatic heterocycles. The molecule has 0 aliphatic rings. The Labute approximate surface area is 129 Å². The highest BCUT2D eigenvalue weighted by molar-refractivity contribution is 7.86. The molecule has 0 unspecified atom stereocenters. The van der Waals surface area contributed by atoms with Crippen LogP contribution >= 0.6 is 0 Å². The van der Waals surface area contributed by atoms with Crippen LogP contribution in [-0.2, 0) is 15.0 Å². The molecule has 0 atom stereocenters. The number of benzene rings is 1. The monoisotopic (exact) mass is 330 g/mol. The first-order valence-corrected chi connectivity index (χ1v) is 7.96. The third kappa shape index (κ3) is 3.52. The standard InChI is InChI=1S/C15H19FO5S/c1-8-11(7-17)9(2)13(22(16,19)20)10(3)12(8)14(18)21-15(4,5)6/h7H,1-6H3. The van der Waals surface area contributed by atoms with Gasteiger partial charge >= 0.3 is 16.2 Å². The zero-order chi connectivity index (χ0) is 17.5. The van der Waals surface area contributed by atoms with E-state index in [1.54, 1.807) is 20.8 Å². The number of rotatable bonds is 3. The van der Waals surface area contributed by atoms with Crippen LogP contribution in [0.3, 0.4) is 0 Å². The van der Waals surface area contributed by atoms with E-state index in [4.69, 9.17) is 4.74 Å². The quantitative estimate of drug-likeness (QED) is 0.483. The summed E-state index contributed by atoms with van der Waals surface area (Å²) in [6.45, 7) is 9.10. The molecule has 122 valence electrons. The average molecular weight is 330 g/mol. The second-order valence-corrected chi connectivity index (χ2v) is 7.33. The van der Waals surface area contributed by atoms with E-state index in [-0.39, 0.29) is 27.8 Å². The normalized spacial score (nSPS) is 12.1. The Hall–Kier alpha value is -1.76. The summed E-state index contributed by atoms with van der Waals surface area (Å²) in [4.78, 5) is 22.9. The first kappa shape index (κ1) is 18.3. The van der Waals surface area contributed by atoms with Gasteiger partial charge < -0.3 is 4.74 Å². The second kappa shape index (κ2) is 5.79. The average Bonchev–Trinajstić information content (AvgIpc) is 2.24. The highest BCUT2D eigenvalue weighted by atomic mass is 32.3. The number of aldehydes is 1. The Kier molecular flexibility index (Phi) is 4.82. The molecule has 0 saturated carbocycles. The lowest BCUT2D eigenvalue weighted by Crippen LogP contribution is -2.26. The van der Waals surface area contributed by atoms with Crippen molar-refractivity contribution in [3.8, 4) is 0 Å². The third-order valence-corrected chi connectivity index (χ3v) is 4.30. The maximum atomic E-state index is 13.6. The molecule has 0 heterocycles. The van der Waals surface area contributed by atoms with Crippen molar-refractivity contribution in [3.63, 3.8) is 0 Å². The van der Waals surface area contributed by atoms with Crippen LogP contribution in [0.5, 0.6) is 0 Å². The van der Waals surface area contributed by atoms with E-state index in [2.05, 4.69) is 0 Å². The van der Waals surface area contributed by atoms with Gasteiger partial charge in [-0.25, -0.2) is 4.79 Å². The summed E-state index contributed by atoms with van der Waals surface area (Å²) >= 11 is 0. The van der Waals surface area contributed by atoms with Gasteiger partial charge in [0, 0.05) is 5.56 Å². The van der Waals surface area contributed by atoms with Gasteiger partial charge in [0.05, 0.1) is 5.56 Å². The molecule has 0 amide bonds. The van der Waals surface area contributed by atoms with Crippen LogP contribution in [0.1, 0.15) is 58.2 Å². The fraction of sp³-hybridized carbons (Fsp3) is 0.467. The molecular weight excluding hydrogens is 311 g/mol. The summed E-state index contributed by atoms with van der Waals surface area (Å²) in [7, 11) is -5.08. The number of carbonyl (C=O) groups excluding carboxylic acids is 2. The topological polar surface area (TPSA) is 77.5 Å². The fourth-order valence-corrected chi connectivity index (χ4v) is 3.34. The SMILES string of the molecule is Cc1c(C=O)c(C)c(S(=O)(=O)F)c(C)c1C(=O)OC(C)(C)C. The Balaban J connectivity index is 3.80. The largest absolute Gasteiger partial charge is 0.456 e. The minimum Gasteiger partial charge on any atom is -0.456 e. The maximum Gasteiger partial charge on any atom is 0.339 e. The first-order chi connectivity index (χ1) is 9.81. The zero-order valence-electron chi connectivity index (χ0n) is 13.4. The van der Waals surface area contributed by atoms with Crippen LogP contribution in [0.25, 0.3) is 0 Å². The van der Waals surface area contributed by atoms with E-state index in [1.807, 2.05) is 0 Å². The first-order valence-electron chi connectivity index (χ1n) is 6.58. The highest BCUT2D eigenvalue weighted by Gasteiger charge is 2.30. The zero-order valence-corrected chi connectivity index (χ0v) is 14.2. The summed E-state index contributed by atoms with van der Waals surface area (Å²) in [5, 5.41) is 0. The molecule has 7 heteroatoms. The van der Waals surface area contributed by atoms with Gasteiger partial charge in [0.15, 0.2) is 6.29 Å². The van der Waals surface area contributed by atoms with Crippen molar-refractivity contribution < 1.29 is 26.6 Å². The van der Waals surface area contributed by atoms with Crippen molar-refractivity contribution in [2.45, 2.75) is 52.0 Å². The summed E-state index contributed by atoms with van der Waals surface area (Å²) in [6.07, 6.45) is 0.409. The van der Waals surface area contributed by atoms with Gasteiger partial charge in [-0.2, -0.15) is 8.42 Å². The number of hydrogen-bond acceptors (Lipinski definition) is 5. The number of hydrogen-bond donors (Lipinski definition) is 0. The van der Waals surface area contributed by atoms with Gasteiger partial charge in [0.25, 0.3) is 0 Å². The van der Waals surface area contributed by atoms with Crippen molar-refractivity contribution in [3.05, 3.63) is 27.8 Å². The fourth-order valence-electron chi connectivity index (χ4n) is 2.39. The number of carbonyl (C=O) groups is 2. The molecule has 1 rings (SSSR count). The van der Waals surface area contributed by atoms with Crippen molar-refractivity contribution in [2.24, 2.45) is 0 Å². The van der Waals surface area contributed by atoms with E-state index in [0.717, 1.165) is 0 Å². The molecular formula is C15H19FO5S. The van der Waals surface area contributed by atoms with Crippen LogP contribution in [0.2, 0.25) is 0 Å². The Bertz CT molecular complexity index is 742. The van der Waals surface area contributed by atoms with Gasteiger partial charge in [-0.1, -0.05) is 0 Å². The van der Waals surface area contributed by atoms with Gasteiger partial charge in [0.1, 0.15) is 10.5 Å². The molecule has 1 aromatic carbocycles. The van der Waals surface area contributed by atoms with E-state index < -0.39 is 26.7 Å². The predicted molar refractivity (Wildman–Crippen MR) is 79.5 cm³/mol. The molecule has 0 saturated heterocycles. The maximum absolute atomic E-state index is 13.6. The van der Waals surface area contributed by atoms with Gasteiger partial charge in [0.2, 0.25) is 0 Å². The minimum absolute atomic E-state index is 0.0141. The van der Waals surface area contributed by atoms with E-state index >= 15 is 0 Å².